The van der Waals surface area contributed by atoms with E-state index >= 15 is 0 Å². The van der Waals surface area contributed by atoms with Crippen LogP contribution in [0.5, 0.6) is 0 Å². The molecule has 0 aliphatic rings. The van der Waals surface area contributed by atoms with Crippen molar-refractivity contribution >= 4 is 16.0 Å². The van der Waals surface area contributed by atoms with E-state index in [1.54, 1.807) is 13.0 Å². The Labute approximate surface area is 117 Å². The van der Waals surface area contributed by atoms with Crippen LogP contribution in [0.1, 0.15) is 19.0 Å². The molecule has 1 heterocycles. The van der Waals surface area contributed by atoms with Crippen molar-refractivity contribution in [2.45, 2.75) is 18.2 Å². The predicted molar refractivity (Wildman–Crippen MR) is 70.0 cm³/mol. The third-order valence-electron chi connectivity index (χ3n) is 2.64. The Bertz CT molecular complexity index is 622. The van der Waals surface area contributed by atoms with Gasteiger partial charge in [-0.25, -0.2) is 13.4 Å². The molecule has 20 heavy (non-hydrogen) atoms. The maximum Gasteiger partial charge on any atom is 0.306 e. The summed E-state index contributed by atoms with van der Waals surface area (Å²) in [6.07, 6.45) is 1.30. The van der Waals surface area contributed by atoms with E-state index in [0.29, 0.717) is 0 Å². The molecule has 0 bridgehead atoms. The zero-order valence-electron chi connectivity index (χ0n) is 11.2. The highest BCUT2D eigenvalue weighted by atomic mass is 32.2. The van der Waals surface area contributed by atoms with Crippen LogP contribution >= 0.6 is 0 Å². The number of rotatable bonds is 6. The van der Waals surface area contributed by atoms with E-state index in [0.717, 1.165) is 4.31 Å². The van der Waals surface area contributed by atoms with Gasteiger partial charge in [0.15, 0.2) is 5.69 Å². The van der Waals surface area contributed by atoms with E-state index in [4.69, 9.17) is 5.26 Å². The van der Waals surface area contributed by atoms with E-state index in [1.807, 2.05) is 0 Å². The second-order valence-corrected chi connectivity index (χ2v) is 5.69. The molecule has 0 fully saturated rings. The molecule has 0 amide bonds. The summed E-state index contributed by atoms with van der Waals surface area (Å²) in [6, 6.07) is 4.52. The van der Waals surface area contributed by atoms with Crippen LogP contribution in [0.25, 0.3) is 0 Å². The first kappa shape index (κ1) is 16.1. The number of carbonyl (C=O) groups excluding carboxylic acids is 1. The summed E-state index contributed by atoms with van der Waals surface area (Å²) in [5, 5.41) is 8.92. The number of hydrogen-bond donors (Lipinski definition) is 0. The lowest BCUT2D eigenvalue weighted by Gasteiger charge is -2.20. The largest absolute Gasteiger partial charge is 0.469 e. The Kier molecular flexibility index (Phi) is 5.61. The predicted octanol–water partition coefficient (Wildman–Crippen LogP) is 0.527. The highest BCUT2D eigenvalue weighted by Crippen LogP contribution is 2.18. The second-order valence-electron chi connectivity index (χ2n) is 3.78. The van der Waals surface area contributed by atoms with Crippen LogP contribution in [0, 0.1) is 11.3 Å². The number of esters is 1. The average Bonchev–Trinajstić information content (AvgIpc) is 2.47. The lowest BCUT2D eigenvalue weighted by atomic mass is 10.4. The quantitative estimate of drug-likeness (QED) is 0.710. The number of methoxy groups -OCH3 is 1. The molecule has 0 saturated carbocycles. The summed E-state index contributed by atoms with van der Waals surface area (Å²) in [7, 11) is -2.62. The van der Waals surface area contributed by atoms with Crippen molar-refractivity contribution in [2.75, 3.05) is 20.2 Å². The van der Waals surface area contributed by atoms with Crippen molar-refractivity contribution in [3.8, 4) is 6.07 Å². The number of carbonyl (C=O) groups is 1. The highest BCUT2D eigenvalue weighted by molar-refractivity contribution is 7.89. The first-order valence-electron chi connectivity index (χ1n) is 5.89. The number of aromatic nitrogens is 1. The van der Waals surface area contributed by atoms with Crippen LogP contribution in [0.2, 0.25) is 0 Å². The Morgan fingerprint density at radius 2 is 2.25 bits per heavy atom. The molecule has 0 radical (unpaired) electrons. The number of ether oxygens (including phenoxy) is 1. The molecule has 0 aliphatic heterocycles. The fourth-order valence-electron chi connectivity index (χ4n) is 1.59. The maximum absolute atomic E-state index is 12.4. The van der Waals surface area contributed by atoms with Crippen molar-refractivity contribution in [3.05, 3.63) is 24.0 Å². The van der Waals surface area contributed by atoms with Crippen LogP contribution in [-0.4, -0.2) is 43.9 Å². The van der Waals surface area contributed by atoms with Gasteiger partial charge in [-0.3, -0.25) is 4.79 Å². The number of sulfonamides is 1. The van der Waals surface area contributed by atoms with Crippen LogP contribution < -0.4 is 0 Å². The van der Waals surface area contributed by atoms with E-state index in [-0.39, 0.29) is 30.1 Å². The monoisotopic (exact) mass is 297 g/mol. The zero-order valence-corrected chi connectivity index (χ0v) is 12.1. The first-order valence-corrected chi connectivity index (χ1v) is 7.33. The third kappa shape index (κ3) is 3.53. The van der Waals surface area contributed by atoms with Crippen LogP contribution in [-0.2, 0) is 19.6 Å². The Balaban J connectivity index is 3.07. The van der Waals surface area contributed by atoms with Gasteiger partial charge in [0.2, 0.25) is 10.0 Å². The molecular formula is C12H15N3O4S. The van der Waals surface area contributed by atoms with Gasteiger partial charge in [-0.2, -0.15) is 9.57 Å². The van der Waals surface area contributed by atoms with Crippen molar-refractivity contribution in [3.63, 3.8) is 0 Å². The minimum Gasteiger partial charge on any atom is -0.469 e. The van der Waals surface area contributed by atoms with Gasteiger partial charge in [0.25, 0.3) is 0 Å². The molecule has 0 aromatic carbocycles. The molecule has 0 unspecified atom stereocenters. The normalized spacial score (nSPS) is 11.1. The molecule has 0 N–H and O–H groups in total. The molecule has 0 aliphatic carbocycles. The fraction of sp³-hybridized carbons (Fsp3) is 0.417. The van der Waals surface area contributed by atoms with E-state index in [9.17, 15) is 13.2 Å². The molecule has 108 valence electrons. The summed E-state index contributed by atoms with van der Waals surface area (Å²) in [6.45, 7) is 1.82. The standard InChI is InChI=1S/C12H15N3O4S/c1-3-15(8-6-12(16)19-2)20(17,18)11-5-4-7-14-10(11)9-13/h4-5,7H,3,6,8H2,1-2H3. The van der Waals surface area contributed by atoms with Gasteiger partial charge in [-0.15, -0.1) is 0 Å². The molecular weight excluding hydrogens is 282 g/mol. The van der Waals surface area contributed by atoms with Crippen molar-refractivity contribution in [1.29, 1.82) is 5.26 Å². The number of nitrogens with zero attached hydrogens (tertiary/aromatic N) is 3. The Morgan fingerprint density at radius 1 is 1.55 bits per heavy atom. The zero-order chi connectivity index (χ0) is 15.2. The minimum atomic E-state index is -3.86. The lowest BCUT2D eigenvalue weighted by molar-refractivity contribution is -0.140. The molecule has 1 aromatic rings. The van der Waals surface area contributed by atoms with Crippen molar-refractivity contribution in [1.82, 2.24) is 9.29 Å². The van der Waals surface area contributed by atoms with E-state index in [2.05, 4.69) is 9.72 Å². The molecule has 1 aromatic heterocycles. The van der Waals surface area contributed by atoms with Crippen LogP contribution in [0.3, 0.4) is 0 Å². The molecule has 0 saturated heterocycles. The average molecular weight is 297 g/mol. The lowest BCUT2D eigenvalue weighted by Crippen LogP contribution is -2.33. The van der Waals surface area contributed by atoms with Gasteiger partial charge in [0.1, 0.15) is 11.0 Å². The van der Waals surface area contributed by atoms with Crippen LogP contribution in [0.15, 0.2) is 23.2 Å². The number of hydrogen-bond acceptors (Lipinski definition) is 6. The summed E-state index contributed by atoms with van der Waals surface area (Å²) in [5.74, 6) is -0.495. The van der Waals surface area contributed by atoms with Crippen molar-refractivity contribution in [2.24, 2.45) is 0 Å². The van der Waals surface area contributed by atoms with Crippen LogP contribution in [0.4, 0.5) is 0 Å². The summed E-state index contributed by atoms with van der Waals surface area (Å²) in [5.41, 5.74) is -0.163. The van der Waals surface area contributed by atoms with E-state index < -0.39 is 16.0 Å². The van der Waals surface area contributed by atoms with Gasteiger partial charge in [0.05, 0.1) is 13.5 Å². The minimum absolute atomic E-state index is 0.00866. The van der Waals surface area contributed by atoms with Gasteiger partial charge in [-0.05, 0) is 12.1 Å². The molecule has 0 atom stereocenters. The molecule has 0 spiro atoms. The SMILES string of the molecule is CCN(CCC(=O)OC)S(=O)(=O)c1cccnc1C#N. The summed E-state index contributed by atoms with van der Waals surface area (Å²) in [4.78, 5) is 14.7. The first-order chi connectivity index (χ1) is 9.47. The highest BCUT2D eigenvalue weighted by Gasteiger charge is 2.26. The second kappa shape index (κ2) is 6.98. The molecule has 7 nitrogen and oxygen atoms in total. The third-order valence-corrected chi connectivity index (χ3v) is 4.65. The van der Waals surface area contributed by atoms with Gasteiger partial charge in [0, 0.05) is 19.3 Å². The molecule has 1 rings (SSSR count). The Hall–Kier alpha value is -1.98. The maximum atomic E-state index is 12.4. The van der Waals surface area contributed by atoms with Gasteiger partial charge in [-0.1, -0.05) is 6.92 Å². The summed E-state index contributed by atoms with van der Waals surface area (Å²) < 4.78 is 30.4. The number of nitriles is 1. The van der Waals surface area contributed by atoms with Gasteiger partial charge < -0.3 is 4.74 Å². The topological polar surface area (TPSA) is 100 Å². The van der Waals surface area contributed by atoms with Crippen molar-refractivity contribution < 1.29 is 17.9 Å². The molecule has 8 heteroatoms. The number of pyridine rings is 1. The summed E-state index contributed by atoms with van der Waals surface area (Å²) >= 11 is 0. The smallest absolute Gasteiger partial charge is 0.306 e. The van der Waals surface area contributed by atoms with Gasteiger partial charge >= 0.3 is 5.97 Å². The fourth-order valence-corrected chi connectivity index (χ4v) is 3.13. The Morgan fingerprint density at radius 3 is 2.80 bits per heavy atom. The van der Waals surface area contributed by atoms with E-state index in [1.165, 1.54) is 25.4 Å².